The zero-order chi connectivity index (χ0) is 47.2. The third kappa shape index (κ3) is 11.1. The molecule has 0 saturated heterocycles. The molecule has 2 fully saturated rings. The van der Waals surface area contributed by atoms with Crippen LogP contribution in [0.15, 0.2) is 48.5 Å². The molecule has 63 heavy (non-hydrogen) atoms. The van der Waals surface area contributed by atoms with E-state index in [1.165, 1.54) is 60.8 Å². The summed E-state index contributed by atoms with van der Waals surface area (Å²) >= 11 is 0. The quantitative estimate of drug-likeness (QED) is 0.156. The highest BCUT2D eigenvalue weighted by molar-refractivity contribution is 5.58. The van der Waals surface area contributed by atoms with Crippen molar-refractivity contribution in [2.24, 2.45) is 0 Å². The molecule has 0 spiro atoms. The minimum atomic E-state index is -0.189. The van der Waals surface area contributed by atoms with E-state index in [0.717, 1.165) is 70.2 Å². The molecule has 2 aliphatic rings. The maximum Gasteiger partial charge on any atom is 0.123 e. The zero-order valence-electron chi connectivity index (χ0n) is 42.8. The molecule has 0 bridgehead atoms. The number of hydrogen-bond acceptors (Lipinski definition) is 4. The number of aryl methyl sites for hydroxylation is 2. The van der Waals surface area contributed by atoms with Gasteiger partial charge in [0.1, 0.15) is 23.0 Å². The third-order valence-corrected chi connectivity index (χ3v) is 14.8. The van der Waals surface area contributed by atoms with Gasteiger partial charge in [-0.05, 0) is 105 Å². The Kier molecular flexibility index (Phi) is 14.4. The summed E-state index contributed by atoms with van der Waals surface area (Å²) in [6.45, 7) is 37.0. The largest absolute Gasteiger partial charge is 0.507 e. The molecule has 2 aliphatic carbocycles. The van der Waals surface area contributed by atoms with Gasteiger partial charge in [-0.15, -0.1) is 0 Å². The maximum atomic E-state index is 11.4. The predicted molar refractivity (Wildman–Crippen MR) is 268 cm³/mol. The number of phenols is 4. The summed E-state index contributed by atoms with van der Waals surface area (Å²) in [5.41, 5.74) is 12.2. The van der Waals surface area contributed by atoms with Crippen LogP contribution in [-0.2, 0) is 38.9 Å². The van der Waals surface area contributed by atoms with Gasteiger partial charge in [-0.1, -0.05) is 202 Å². The van der Waals surface area contributed by atoms with E-state index >= 15 is 0 Å². The number of rotatable bonds is 6. The minimum Gasteiger partial charge on any atom is -0.507 e. The Labute approximate surface area is 384 Å². The molecule has 0 atom stereocenters. The molecule has 0 aromatic heterocycles. The Bertz CT molecular complexity index is 2090. The summed E-state index contributed by atoms with van der Waals surface area (Å²) in [5, 5.41) is 45.5. The molecule has 4 nitrogen and oxygen atoms in total. The van der Waals surface area contributed by atoms with E-state index < -0.39 is 0 Å². The lowest BCUT2D eigenvalue weighted by molar-refractivity contribution is 0.306. The minimum absolute atomic E-state index is 0.0476. The first-order valence-corrected chi connectivity index (χ1v) is 24.3. The van der Waals surface area contributed by atoms with E-state index in [0.29, 0.717) is 29.4 Å². The maximum absolute atomic E-state index is 11.4. The Balaban J connectivity index is 0.000000238. The van der Waals surface area contributed by atoms with E-state index in [-0.39, 0.29) is 38.4 Å². The molecule has 4 aromatic rings. The highest BCUT2D eigenvalue weighted by Crippen LogP contribution is 2.49. The van der Waals surface area contributed by atoms with Crippen LogP contribution >= 0.6 is 0 Å². The fourth-order valence-corrected chi connectivity index (χ4v) is 10.5. The van der Waals surface area contributed by atoms with Crippen molar-refractivity contribution in [2.45, 2.75) is 227 Å². The molecule has 346 valence electrons. The monoisotopic (exact) mass is 859 g/mol. The van der Waals surface area contributed by atoms with Gasteiger partial charge in [-0.3, -0.25) is 0 Å². The molecule has 0 aliphatic heterocycles. The number of hydrogen-bond donors (Lipinski definition) is 4. The molecule has 2 saturated carbocycles. The van der Waals surface area contributed by atoms with Crippen molar-refractivity contribution in [3.8, 4) is 23.0 Å². The summed E-state index contributed by atoms with van der Waals surface area (Å²) in [4.78, 5) is 0. The van der Waals surface area contributed by atoms with Crippen LogP contribution in [0.4, 0.5) is 0 Å². The van der Waals surface area contributed by atoms with Crippen molar-refractivity contribution in [1.29, 1.82) is 0 Å². The lowest BCUT2D eigenvalue weighted by Gasteiger charge is -2.36. The molecular formula is C59H86O4. The number of aromatic hydroxyl groups is 4. The van der Waals surface area contributed by atoms with Crippen molar-refractivity contribution >= 4 is 0 Å². The van der Waals surface area contributed by atoms with Crippen LogP contribution in [0.25, 0.3) is 0 Å². The van der Waals surface area contributed by atoms with E-state index in [9.17, 15) is 20.4 Å². The van der Waals surface area contributed by atoms with E-state index in [1.54, 1.807) is 0 Å². The van der Waals surface area contributed by atoms with Crippen LogP contribution in [0, 0.1) is 13.8 Å². The van der Waals surface area contributed by atoms with Gasteiger partial charge < -0.3 is 20.4 Å². The Morgan fingerprint density at radius 1 is 0.444 bits per heavy atom. The first-order valence-electron chi connectivity index (χ1n) is 24.3. The van der Waals surface area contributed by atoms with Gasteiger partial charge in [0.2, 0.25) is 0 Å². The van der Waals surface area contributed by atoms with Gasteiger partial charge >= 0.3 is 0 Å². The third-order valence-electron chi connectivity index (χ3n) is 14.8. The van der Waals surface area contributed by atoms with Crippen molar-refractivity contribution in [3.05, 3.63) is 115 Å². The molecule has 6 rings (SSSR count). The average molecular weight is 859 g/mol. The van der Waals surface area contributed by atoms with Crippen LogP contribution in [0.3, 0.4) is 0 Å². The van der Waals surface area contributed by atoms with E-state index in [1.807, 2.05) is 0 Å². The number of benzene rings is 4. The topological polar surface area (TPSA) is 80.9 Å². The summed E-state index contributed by atoms with van der Waals surface area (Å²) in [5.74, 6) is 1.43. The Morgan fingerprint density at radius 2 is 0.762 bits per heavy atom. The molecule has 0 radical (unpaired) electrons. The normalized spacial score (nSPS) is 17.0. The van der Waals surface area contributed by atoms with Gasteiger partial charge in [0.25, 0.3) is 0 Å². The SMILES string of the molecule is CC(c1cc(C(C)(C)C)cc(C(C)(C)C)c1O)c1cc(C(C)(C)C)cc(C(C)(C)C)c1O.Cc1cc(Cc2cc(C)cc(C3(C)CCCCC3)c2O)c(O)c(C2(C)CCCCC2)c1. The van der Waals surface area contributed by atoms with E-state index in [4.69, 9.17) is 0 Å². The van der Waals surface area contributed by atoms with Crippen molar-refractivity contribution in [1.82, 2.24) is 0 Å². The lowest BCUT2D eigenvalue weighted by Crippen LogP contribution is -2.26. The van der Waals surface area contributed by atoms with Gasteiger partial charge in [0, 0.05) is 34.6 Å². The van der Waals surface area contributed by atoms with Crippen LogP contribution in [0.1, 0.15) is 241 Å². The number of phenolic OH excluding ortho intramolecular Hbond substituents is 4. The molecule has 0 heterocycles. The smallest absolute Gasteiger partial charge is 0.123 e. The van der Waals surface area contributed by atoms with Crippen molar-refractivity contribution in [2.75, 3.05) is 0 Å². The average Bonchev–Trinajstić information content (AvgIpc) is 3.16. The van der Waals surface area contributed by atoms with Gasteiger partial charge in [-0.2, -0.15) is 0 Å². The molecule has 0 unspecified atom stereocenters. The standard InChI is InChI=1S/C30H46O2.C29H40O2/c1-18(21-14-19(27(2,3)4)16-23(25(21)31)29(8,9)10)22-15-20(28(5,6)7)17-24(26(22)32)30(11,12)13;1-20-15-22(26(30)24(17-20)28(3)11-7-5-8-12-28)19-23-16-21(2)18-25(27(23)31)29(4)13-9-6-10-14-29/h14-18,31-32H,1-13H3;15-18,30-31H,5-14,19H2,1-4H3. The summed E-state index contributed by atoms with van der Waals surface area (Å²) in [7, 11) is 0. The highest BCUT2D eigenvalue weighted by atomic mass is 16.3. The Morgan fingerprint density at radius 3 is 1.05 bits per heavy atom. The van der Waals surface area contributed by atoms with Crippen LogP contribution < -0.4 is 0 Å². The van der Waals surface area contributed by atoms with Crippen LogP contribution in [0.5, 0.6) is 23.0 Å². The summed E-state index contributed by atoms with van der Waals surface area (Å²) in [6, 6.07) is 17.2. The first-order chi connectivity index (χ1) is 28.9. The lowest BCUT2D eigenvalue weighted by atomic mass is 9.69. The second-order valence-corrected chi connectivity index (χ2v) is 24.7. The van der Waals surface area contributed by atoms with Crippen LogP contribution in [-0.4, -0.2) is 20.4 Å². The van der Waals surface area contributed by atoms with Gasteiger partial charge in [0.05, 0.1) is 0 Å². The van der Waals surface area contributed by atoms with Gasteiger partial charge in [0.15, 0.2) is 0 Å². The molecular weight excluding hydrogens is 773 g/mol. The summed E-state index contributed by atoms with van der Waals surface area (Å²) < 4.78 is 0. The molecule has 4 N–H and O–H groups in total. The molecule has 4 heteroatoms. The van der Waals surface area contributed by atoms with Crippen molar-refractivity contribution < 1.29 is 20.4 Å². The molecule has 4 aromatic carbocycles. The van der Waals surface area contributed by atoms with Gasteiger partial charge in [-0.25, -0.2) is 0 Å². The highest BCUT2D eigenvalue weighted by Gasteiger charge is 2.35. The molecule has 0 amide bonds. The zero-order valence-corrected chi connectivity index (χ0v) is 42.8. The second-order valence-electron chi connectivity index (χ2n) is 24.7. The second kappa shape index (κ2) is 18.2. The van der Waals surface area contributed by atoms with Crippen LogP contribution in [0.2, 0.25) is 0 Å². The first kappa shape index (κ1) is 50.1. The van der Waals surface area contributed by atoms with E-state index in [2.05, 4.69) is 166 Å². The Hall–Kier alpha value is -3.92. The van der Waals surface area contributed by atoms with Crippen molar-refractivity contribution in [3.63, 3.8) is 0 Å². The fourth-order valence-electron chi connectivity index (χ4n) is 10.5. The summed E-state index contributed by atoms with van der Waals surface area (Å²) in [6.07, 6.45) is 12.7. The predicted octanol–water partition coefficient (Wildman–Crippen LogP) is 16.2. The fraction of sp³-hybridized carbons (Fsp3) is 0.593.